The number of benzene rings is 3. The Morgan fingerprint density at radius 1 is 0.711 bits per heavy atom. The molecule has 20 N–H and O–H groups in total. The van der Waals surface area contributed by atoms with Crippen molar-refractivity contribution in [2.75, 3.05) is 56.3 Å². The van der Waals surface area contributed by atoms with E-state index in [1.165, 1.54) is 56.4 Å². The number of aromatic amines is 1. The van der Waals surface area contributed by atoms with Crippen LogP contribution in [0.15, 0.2) is 103 Å². The van der Waals surface area contributed by atoms with Crippen LogP contribution in [0.4, 0.5) is 5.82 Å². The van der Waals surface area contributed by atoms with E-state index in [4.69, 9.17) is 11.6 Å². The molecule has 0 unspecified atom stereocenters. The summed E-state index contributed by atoms with van der Waals surface area (Å²) < 4.78 is 0. The summed E-state index contributed by atoms with van der Waals surface area (Å²) in [6.45, 7) is 2.38. The number of aliphatic carboxylic acids is 2. The Morgan fingerprint density at radius 3 is 1.90 bits per heavy atom. The predicted octanol–water partition coefficient (Wildman–Crippen LogP) is -9.09. The average Bonchev–Trinajstić information content (AvgIpc) is 1.76. The molecule has 6 rings (SSSR count). The molecule has 2 aromatic heterocycles. The van der Waals surface area contributed by atoms with E-state index in [0.717, 1.165) is 21.6 Å². The second-order valence-corrected chi connectivity index (χ2v) is 24.3. The number of aromatic nitrogens is 2. The number of carbonyl (C=O) groups is 10. The maximum absolute atomic E-state index is 15.0. The van der Waals surface area contributed by atoms with Crippen molar-refractivity contribution in [3.05, 3.63) is 126 Å². The first kappa shape index (κ1) is 85.1. The molecule has 0 spiro atoms. The van der Waals surface area contributed by atoms with Gasteiger partial charge in [-0.25, -0.2) is 10.8 Å². The van der Waals surface area contributed by atoms with Crippen molar-refractivity contribution in [2.45, 2.75) is 113 Å². The number of nitrogens with two attached hydrogens (primary N) is 2. The molecule has 10 atom stereocenters. The molecule has 5 aromatic rings. The standard InChI is InChI=1S/C55H71N13O12S2.C6H12N2O4.ClH.H2O.Tc/c1-30(70)43(27-69)64-54(79)45-29-82-81-28-44(65-51(76)40(22-32-10-4-3-5-11-32)61-48(73)34-17-20-46(68-57)59-25-34)53(78)62-41(23-33-15-18-36(72)19-16-33)50(75)63-42(24-35-26-58-38-13-7-6-12-37(35)38)52(77)60-39(14-8-9-21-56)49(74)67-47(31(2)71)55(80)66-45;9-5(10)3-7-1-2-8-4-6(11)12;;;/h3-7,10-13,15-20,25-26,30-31,39-45,47,58,69-72H,8-9,14,21-24,27-29,56-57H2,1-2H3,(H,59,68)(H,60,77)(H,61,73)(H,62,78)(H,63,75)(H,64,79)(H,65,76)(H,66,80)(H,67,74);7-8H,1-4H2,(H,9,10)(H,11,12);1H;1H2;/q;;;;+5/p-5/t30-,31-,39+,40-,41+,42-,43-,44+,45+,47+;;;;/m1..../s1/i;;;;1+1. The molecule has 1 fully saturated rings. The third-order valence-electron chi connectivity index (χ3n) is 14.4. The number of aliphatic hydroxyl groups excluding tert-OH is 3. The number of fused-ring (bicyclic) bond motifs is 1. The number of pyridine rings is 1. The summed E-state index contributed by atoms with van der Waals surface area (Å²) in [6, 6.07) is 12.6. The summed E-state index contributed by atoms with van der Waals surface area (Å²) >= 11 is 0. The Morgan fingerprint density at radius 2 is 1.31 bits per heavy atom. The number of nitrogens with one attached hydrogen (secondary N) is 12. The number of anilines is 1. The van der Waals surface area contributed by atoms with Crippen molar-refractivity contribution < 1.29 is 117 Å². The first-order valence-corrected chi connectivity index (χ1v) is 32.4. The van der Waals surface area contributed by atoms with Crippen LogP contribution in [0.25, 0.3) is 10.9 Å². The van der Waals surface area contributed by atoms with Gasteiger partial charge < -0.3 is 127 Å². The maximum Gasteiger partial charge on any atom is 5.00 e. The van der Waals surface area contributed by atoms with Crippen molar-refractivity contribution in [2.24, 2.45) is 11.6 Å². The smallest absolute Gasteiger partial charge is 1.00 e. The van der Waals surface area contributed by atoms with E-state index in [9.17, 15) is 78.6 Å². The molecular weight excluding hydrogens is 1410 g/mol. The third-order valence-corrected chi connectivity index (χ3v) is 16.8. The number of hydrazine groups is 1. The second kappa shape index (κ2) is 44.7. The first-order chi connectivity index (χ1) is 45.0. The van der Waals surface area contributed by atoms with Gasteiger partial charge in [0.2, 0.25) is 41.4 Å². The van der Waals surface area contributed by atoms with Crippen LogP contribution in [-0.2, 0) is 82.5 Å². The number of nitrogens with zero attached hydrogens (tertiary/aromatic N) is 1. The van der Waals surface area contributed by atoms with Crippen LogP contribution in [0.5, 0.6) is 5.75 Å². The van der Waals surface area contributed by atoms with Gasteiger partial charge in [-0.3, -0.25) is 38.4 Å². The van der Waals surface area contributed by atoms with Crippen LogP contribution in [0.1, 0.15) is 60.2 Å². The molecule has 0 saturated carbocycles. The van der Waals surface area contributed by atoms with Crippen LogP contribution in [-0.4, -0.2) is 201 Å². The average molecular weight is 1490 g/mol. The van der Waals surface area contributed by atoms with Crippen molar-refractivity contribution in [1.82, 2.24) is 63.1 Å². The summed E-state index contributed by atoms with van der Waals surface area (Å²) in [7, 11) is 1.89. The molecule has 8 amide bonds. The van der Waals surface area contributed by atoms with Gasteiger partial charge in [-0.05, 0) is 74.5 Å². The molecule has 3 heterocycles. The fourth-order valence-electron chi connectivity index (χ4n) is 9.24. The van der Waals surface area contributed by atoms with E-state index in [-0.39, 0.29) is 112 Å². The monoisotopic (exact) mass is 1490 g/mol. The molecule has 0 radical (unpaired) electrons. The topological polar surface area (TPSA) is 544 Å². The number of hydrogen-bond acceptors (Lipinski definition) is 25. The molecule has 97 heavy (non-hydrogen) atoms. The number of nitrogen functional groups attached to an aromatic ring is 1. The van der Waals surface area contributed by atoms with Crippen LogP contribution < -0.4 is 97.9 Å². The number of halogens is 1. The first-order valence-electron chi connectivity index (χ1n) is 29.9. The van der Waals surface area contributed by atoms with Gasteiger partial charge >= 0.3 is 20.1 Å². The van der Waals surface area contributed by atoms with Gasteiger partial charge in [0.15, 0.2) is 0 Å². The molecule has 36 heteroatoms. The van der Waals surface area contributed by atoms with E-state index < -0.39 is 126 Å². The predicted molar refractivity (Wildman–Crippen MR) is 345 cm³/mol. The van der Waals surface area contributed by atoms with Crippen LogP contribution in [0, 0.1) is 0 Å². The van der Waals surface area contributed by atoms with E-state index in [1.54, 1.807) is 54.7 Å². The van der Waals surface area contributed by atoms with Crippen LogP contribution >= 0.6 is 21.6 Å². The Kier molecular flexibility index (Phi) is 39.2. The molecule has 32 nitrogen and oxygen atoms in total. The largest absolute Gasteiger partial charge is 5.00 e. The summed E-state index contributed by atoms with van der Waals surface area (Å²) in [4.78, 5) is 143. The number of unbranched alkanes of at least 4 members (excludes halogenated alkanes) is 1. The number of hydrogen-bond donors (Lipinski definition) is 17. The molecule has 1 aliphatic heterocycles. The minimum absolute atomic E-state index is 0. The Hall–Kier alpha value is -8.03. The minimum atomic E-state index is -1.73. The Balaban J connectivity index is 0.00000194. The molecule has 0 bridgehead atoms. The van der Waals surface area contributed by atoms with Crippen molar-refractivity contribution in [3.63, 3.8) is 0 Å². The van der Waals surface area contributed by atoms with Gasteiger partial charge in [-0.2, -0.15) is 0 Å². The number of aliphatic hydroxyl groups is 3. The fraction of sp³-hybridized carbons (Fsp3) is 0.426. The second-order valence-electron chi connectivity index (χ2n) is 21.7. The zero-order valence-electron chi connectivity index (χ0n) is 52.8. The molecule has 3 aromatic carbocycles. The minimum Gasteiger partial charge on any atom is -1.00 e. The molecule has 528 valence electrons. The van der Waals surface area contributed by atoms with Crippen LogP contribution in [0.2, 0.25) is 0 Å². The van der Waals surface area contributed by atoms with Gasteiger partial charge in [-0.1, -0.05) is 94.4 Å². The SMILES string of the molecule is C[C@@H](O)[C@@H]1NC(=O)[C@H](CCCCN)NC(=O)[C@@H](Cc2c[nH]c3ccccc23)NC(=O)[C@H](Cc2ccc([O-])cc2)NC(=O)[C@@H](NC(=O)[C@@H](Cc2ccccc2)NC(=O)c2ccc(NN)nc2)CSSC[C@@H](C(=O)N[C@H](CO)[C@@H](C)O)NC1=O.O=C([O-])CNCCNCC(=O)[O-].[99Tc+5].[Cl-].[OH-]. The van der Waals surface area contributed by atoms with E-state index in [1.807, 2.05) is 6.07 Å². The summed E-state index contributed by atoms with van der Waals surface area (Å²) in [5.41, 5.74) is 10.6. The zero-order valence-corrected chi connectivity index (χ0v) is 57.0. The van der Waals surface area contributed by atoms with Gasteiger partial charge in [0.25, 0.3) is 5.91 Å². The Bertz CT molecular complexity index is 3300. The van der Waals surface area contributed by atoms with E-state index in [0.29, 0.717) is 53.5 Å². The molecule has 1 aliphatic rings. The number of carboxylic acids is 2. The van der Waals surface area contributed by atoms with Crippen molar-refractivity contribution in [3.8, 4) is 5.75 Å². The number of carboxylic acid groups (broad SMARTS) is 2. The molecule has 1 saturated heterocycles. The zero-order chi connectivity index (χ0) is 68.7. The van der Waals surface area contributed by atoms with Gasteiger partial charge in [0.1, 0.15) is 48.1 Å². The number of para-hydroxylation sites is 1. The molecule has 0 aliphatic carbocycles. The van der Waals surface area contributed by atoms with Crippen LogP contribution in [0.3, 0.4) is 0 Å². The Labute approximate surface area is 586 Å². The number of carbonyl (C=O) groups excluding carboxylic acids is 10. The summed E-state index contributed by atoms with van der Waals surface area (Å²) in [6.07, 6.45) is 0.291. The molecular formula is C61H81ClN15O17S2Tc. The number of amides is 8. The normalized spacial score (nSPS) is 19.1. The van der Waals surface area contributed by atoms with E-state index >= 15 is 0 Å². The summed E-state index contributed by atoms with van der Waals surface area (Å²) in [5.74, 6) is -4.60. The van der Waals surface area contributed by atoms with Gasteiger partial charge in [0, 0.05) is 80.2 Å². The van der Waals surface area contributed by atoms with Gasteiger partial charge in [0.05, 0.1) is 42.4 Å². The fourth-order valence-corrected chi connectivity index (χ4v) is 11.6. The quantitative estimate of drug-likeness (QED) is 0.0100. The number of H-pyrrole nitrogens is 1. The van der Waals surface area contributed by atoms with E-state index in [2.05, 4.69) is 68.6 Å². The van der Waals surface area contributed by atoms with Gasteiger partial charge in [-0.15, -0.1) is 5.75 Å². The summed E-state index contributed by atoms with van der Waals surface area (Å²) in [5, 5.41) is 90.3. The number of rotatable bonds is 27. The maximum atomic E-state index is 15.0. The van der Waals surface area contributed by atoms with Crippen molar-refractivity contribution >= 4 is 97.5 Å². The van der Waals surface area contributed by atoms with Crippen molar-refractivity contribution in [1.29, 1.82) is 0 Å². The third kappa shape index (κ3) is 29.3.